The molecule has 3 rings (SSSR count). The second-order valence-electron chi connectivity index (χ2n) is 4.93. The number of nitrogens with one attached hydrogen (secondary N) is 2. The van der Waals surface area contributed by atoms with Crippen molar-refractivity contribution in [3.05, 3.63) is 77.5 Å². The number of benzene rings is 2. The summed E-state index contributed by atoms with van der Waals surface area (Å²) in [5.74, 6) is -0.769. The highest BCUT2D eigenvalue weighted by atomic mass is 19.1. The van der Waals surface area contributed by atoms with Crippen molar-refractivity contribution >= 4 is 17.0 Å². The second-order valence-corrected chi connectivity index (χ2v) is 4.93. The number of allylic oxidation sites excluding steroid dienone is 1. The maximum atomic E-state index is 13.6. The van der Waals surface area contributed by atoms with E-state index in [4.69, 9.17) is 5.26 Å². The molecule has 7 nitrogen and oxygen atoms in total. The van der Waals surface area contributed by atoms with E-state index in [1.807, 2.05) is 6.07 Å². The van der Waals surface area contributed by atoms with E-state index in [1.165, 1.54) is 18.3 Å². The van der Waals surface area contributed by atoms with Gasteiger partial charge in [0.15, 0.2) is 5.78 Å². The molecule has 3 aromatic rings. The number of nitrogens with zero attached hydrogens (tertiary/aromatic N) is 4. The Kier molecular flexibility index (Phi) is 4.58. The first-order valence-electron chi connectivity index (χ1n) is 7.19. The Morgan fingerprint density at radius 1 is 1.24 bits per heavy atom. The van der Waals surface area contributed by atoms with Gasteiger partial charge in [0.2, 0.25) is 5.82 Å². The fourth-order valence-electron chi connectivity index (χ4n) is 2.15. The number of halogens is 1. The lowest BCUT2D eigenvalue weighted by molar-refractivity contribution is 0.103. The molecule has 2 N–H and O–H groups in total. The van der Waals surface area contributed by atoms with Gasteiger partial charge in [-0.1, -0.05) is 30.3 Å². The number of hydrogen-bond donors (Lipinski definition) is 2. The van der Waals surface area contributed by atoms with Gasteiger partial charge in [0.1, 0.15) is 17.5 Å². The van der Waals surface area contributed by atoms with Gasteiger partial charge in [-0.25, -0.2) is 4.39 Å². The first-order chi connectivity index (χ1) is 12.2. The highest BCUT2D eigenvalue weighted by Crippen LogP contribution is 2.21. The SMILES string of the molecule is N#CC(=CNc1ccc(F)cc1C(=O)c1ccccc1)c1nn[nH]n1. The molecule has 0 aliphatic heterocycles. The van der Waals surface area contributed by atoms with Crippen molar-refractivity contribution in [2.24, 2.45) is 0 Å². The number of carbonyl (C=O) groups excluding carboxylic acids is 1. The molecular formula is C17H11FN6O. The summed E-state index contributed by atoms with van der Waals surface area (Å²) >= 11 is 0. The normalized spacial score (nSPS) is 11.0. The summed E-state index contributed by atoms with van der Waals surface area (Å²) in [4.78, 5) is 12.6. The molecule has 0 fully saturated rings. The van der Waals surface area contributed by atoms with Crippen molar-refractivity contribution < 1.29 is 9.18 Å². The minimum atomic E-state index is -0.535. The first-order valence-corrected chi connectivity index (χ1v) is 7.19. The van der Waals surface area contributed by atoms with Gasteiger partial charge in [-0.3, -0.25) is 4.79 Å². The largest absolute Gasteiger partial charge is 0.360 e. The van der Waals surface area contributed by atoms with Gasteiger partial charge in [-0.05, 0) is 23.4 Å². The molecule has 0 radical (unpaired) electrons. The standard InChI is InChI=1S/C17H11FN6O/c18-13-6-7-15(20-10-12(9-19)17-21-23-24-22-17)14(8-13)16(25)11-4-2-1-3-5-11/h1-8,10,20H,(H,21,22,23,24). The van der Waals surface area contributed by atoms with Crippen LogP contribution in [0.1, 0.15) is 21.7 Å². The van der Waals surface area contributed by atoms with Crippen LogP contribution in [0.2, 0.25) is 0 Å². The van der Waals surface area contributed by atoms with Crippen LogP contribution in [0.3, 0.4) is 0 Å². The lowest BCUT2D eigenvalue weighted by atomic mass is 10.0. The number of H-pyrrole nitrogens is 1. The molecule has 8 heteroatoms. The molecule has 0 unspecified atom stereocenters. The average molecular weight is 334 g/mol. The summed E-state index contributed by atoms with van der Waals surface area (Å²) in [7, 11) is 0. The van der Waals surface area contributed by atoms with Crippen LogP contribution in [0, 0.1) is 17.1 Å². The molecule has 1 aromatic heterocycles. The lowest BCUT2D eigenvalue weighted by Gasteiger charge is -2.09. The Morgan fingerprint density at radius 2 is 2.04 bits per heavy atom. The number of ketones is 1. The minimum absolute atomic E-state index is 0.105. The van der Waals surface area contributed by atoms with E-state index >= 15 is 0 Å². The number of tetrazole rings is 1. The molecule has 0 atom stereocenters. The van der Waals surface area contributed by atoms with E-state index in [-0.39, 0.29) is 22.7 Å². The van der Waals surface area contributed by atoms with E-state index in [9.17, 15) is 9.18 Å². The molecule has 2 aromatic carbocycles. The van der Waals surface area contributed by atoms with E-state index in [0.717, 1.165) is 6.07 Å². The van der Waals surface area contributed by atoms with Crippen LogP contribution in [-0.2, 0) is 0 Å². The molecule has 25 heavy (non-hydrogen) atoms. The predicted molar refractivity (Wildman–Crippen MR) is 87.7 cm³/mol. The van der Waals surface area contributed by atoms with Crippen LogP contribution in [0.5, 0.6) is 0 Å². The summed E-state index contributed by atoms with van der Waals surface area (Å²) in [5, 5.41) is 25.1. The molecule has 0 saturated heterocycles. The van der Waals surface area contributed by atoms with Crippen LogP contribution < -0.4 is 5.32 Å². The molecule has 122 valence electrons. The third kappa shape index (κ3) is 3.56. The summed E-state index contributed by atoms with van der Waals surface area (Å²) in [6.45, 7) is 0. The van der Waals surface area contributed by atoms with Crippen LogP contribution in [0.25, 0.3) is 5.57 Å². The number of aromatic nitrogens is 4. The van der Waals surface area contributed by atoms with Gasteiger partial charge in [0.05, 0.1) is 0 Å². The summed E-state index contributed by atoms with van der Waals surface area (Å²) < 4.78 is 13.6. The van der Waals surface area contributed by atoms with Gasteiger partial charge in [-0.15, -0.1) is 10.2 Å². The fraction of sp³-hybridized carbons (Fsp3) is 0. The number of nitriles is 1. The van der Waals surface area contributed by atoms with Gasteiger partial charge < -0.3 is 5.32 Å². The van der Waals surface area contributed by atoms with Crippen molar-refractivity contribution in [3.63, 3.8) is 0 Å². The van der Waals surface area contributed by atoms with Gasteiger partial charge in [0, 0.05) is 23.0 Å². The summed E-state index contributed by atoms with van der Waals surface area (Å²) in [6, 6.07) is 14.2. The van der Waals surface area contributed by atoms with Gasteiger partial charge >= 0.3 is 0 Å². The van der Waals surface area contributed by atoms with Gasteiger partial charge in [-0.2, -0.15) is 10.5 Å². The van der Waals surface area contributed by atoms with Gasteiger partial charge in [0.25, 0.3) is 0 Å². The first kappa shape index (κ1) is 16.0. The highest BCUT2D eigenvalue weighted by Gasteiger charge is 2.15. The molecule has 0 bridgehead atoms. The number of anilines is 1. The molecule has 0 amide bonds. The predicted octanol–water partition coefficient (Wildman–Crippen LogP) is 2.55. The summed E-state index contributed by atoms with van der Waals surface area (Å²) in [6.07, 6.45) is 1.33. The van der Waals surface area contributed by atoms with E-state index in [2.05, 4.69) is 25.9 Å². The smallest absolute Gasteiger partial charge is 0.216 e. The van der Waals surface area contributed by atoms with Crippen LogP contribution >= 0.6 is 0 Å². The Labute approximate surface area is 141 Å². The molecule has 1 heterocycles. The fourth-order valence-corrected chi connectivity index (χ4v) is 2.15. The van der Waals surface area contributed by atoms with E-state index in [1.54, 1.807) is 30.3 Å². The zero-order valence-electron chi connectivity index (χ0n) is 12.8. The maximum absolute atomic E-state index is 13.6. The molecule has 0 aliphatic rings. The maximum Gasteiger partial charge on any atom is 0.216 e. The van der Waals surface area contributed by atoms with Crippen LogP contribution in [0.4, 0.5) is 10.1 Å². The van der Waals surface area contributed by atoms with Crippen molar-refractivity contribution in [1.82, 2.24) is 20.6 Å². The Hall–Kier alpha value is -3.86. The third-order valence-corrected chi connectivity index (χ3v) is 3.34. The van der Waals surface area contributed by atoms with E-state index in [0.29, 0.717) is 11.3 Å². The van der Waals surface area contributed by atoms with Crippen molar-refractivity contribution in [3.8, 4) is 6.07 Å². The van der Waals surface area contributed by atoms with Crippen molar-refractivity contribution in [2.75, 3.05) is 5.32 Å². The molecular weight excluding hydrogens is 323 g/mol. The minimum Gasteiger partial charge on any atom is -0.360 e. The number of hydrogen-bond acceptors (Lipinski definition) is 6. The molecule has 0 spiro atoms. The number of carbonyl (C=O) groups is 1. The van der Waals surface area contributed by atoms with Crippen LogP contribution in [-0.4, -0.2) is 26.4 Å². The number of rotatable bonds is 5. The van der Waals surface area contributed by atoms with Crippen molar-refractivity contribution in [1.29, 1.82) is 5.26 Å². The van der Waals surface area contributed by atoms with E-state index < -0.39 is 5.82 Å². The topological polar surface area (TPSA) is 107 Å². The van der Waals surface area contributed by atoms with Crippen LogP contribution in [0.15, 0.2) is 54.7 Å². The Morgan fingerprint density at radius 3 is 2.72 bits per heavy atom. The monoisotopic (exact) mass is 334 g/mol. The quantitative estimate of drug-likeness (QED) is 0.548. The molecule has 0 saturated carbocycles. The Balaban J connectivity index is 1.95. The second kappa shape index (κ2) is 7.14. The molecule has 0 aliphatic carbocycles. The van der Waals surface area contributed by atoms with Crippen molar-refractivity contribution in [2.45, 2.75) is 0 Å². The highest BCUT2D eigenvalue weighted by molar-refractivity contribution is 6.12. The lowest BCUT2D eigenvalue weighted by Crippen LogP contribution is -2.06. The average Bonchev–Trinajstić information content (AvgIpc) is 3.18. The number of aromatic amines is 1. The zero-order chi connectivity index (χ0) is 17.6. The third-order valence-electron chi connectivity index (χ3n) is 3.34. The summed E-state index contributed by atoms with van der Waals surface area (Å²) in [5.41, 5.74) is 1.04. The zero-order valence-corrected chi connectivity index (χ0v) is 12.8. The Bertz CT molecular complexity index is 961.